The minimum absolute atomic E-state index is 0.543. The summed E-state index contributed by atoms with van der Waals surface area (Å²) in [5.41, 5.74) is -7.88. The Morgan fingerprint density at radius 1 is 0.230 bits per heavy atom. The highest BCUT2D eigenvalue weighted by atomic mass is 31.2. The van der Waals surface area contributed by atoms with Crippen molar-refractivity contribution >= 4 is 118 Å². The van der Waals surface area contributed by atoms with E-state index < -0.39 is 168 Å². The summed E-state index contributed by atoms with van der Waals surface area (Å²) in [7, 11) is -17.5. The minimum atomic E-state index is -4.62. The summed E-state index contributed by atoms with van der Waals surface area (Å²) in [4.78, 5) is 124. The molecule has 0 spiro atoms. The van der Waals surface area contributed by atoms with E-state index in [0.29, 0.717) is 0 Å². The van der Waals surface area contributed by atoms with Crippen LogP contribution < -0.4 is 16.0 Å². The molecule has 0 aliphatic rings. The number of hydrogen-bond donors (Lipinski definition) is 3. The van der Waals surface area contributed by atoms with Crippen LogP contribution in [-0.2, 0) is 109 Å². The van der Waals surface area contributed by atoms with Gasteiger partial charge in [-0.3, -0.25) is 68.7 Å². The van der Waals surface area contributed by atoms with Crippen molar-refractivity contribution in [3.63, 3.8) is 0 Å². The second-order valence-electron chi connectivity index (χ2n) is 15.7. The topological polar surface area (TPSA) is 458 Å². The van der Waals surface area contributed by atoms with Crippen molar-refractivity contribution in [1.29, 1.82) is 0 Å². The van der Waals surface area contributed by atoms with Gasteiger partial charge in [0.25, 0.3) is 17.7 Å². The van der Waals surface area contributed by atoms with Crippen LogP contribution in [-0.4, -0.2) is 139 Å². The summed E-state index contributed by atoms with van der Waals surface area (Å²) in [5, 5.41) is 6.88. The number of carbonyl (C=O) groups excluding carboxylic acids is 9. The predicted octanol–water partition coefficient (Wildman–Crippen LogP) is 8.79. The van der Waals surface area contributed by atoms with E-state index in [1.165, 1.54) is 0 Å². The van der Waals surface area contributed by atoms with Crippen LogP contribution in [0.3, 0.4) is 0 Å². The third-order valence-corrected chi connectivity index (χ3v) is 18.3. The van der Waals surface area contributed by atoms with E-state index in [-0.39, 0.29) is 0 Å². The Morgan fingerprint density at radius 3 is 0.483 bits per heavy atom. The van der Waals surface area contributed by atoms with Crippen LogP contribution in [0.5, 0.6) is 0 Å². The van der Waals surface area contributed by atoms with Crippen molar-refractivity contribution in [3.8, 4) is 0 Å². The van der Waals surface area contributed by atoms with Crippen molar-refractivity contribution in [2.24, 2.45) is 0 Å². The molecule has 0 aliphatic heterocycles. The lowest BCUT2D eigenvalue weighted by Crippen LogP contribution is -2.20. The fourth-order valence-corrected chi connectivity index (χ4v) is 9.90. The summed E-state index contributed by atoms with van der Waals surface area (Å²) < 4.78 is 162. The quantitative estimate of drug-likeness (QED) is 0.0410. The first kappa shape index (κ1) is 72.5. The Morgan fingerprint density at radius 2 is 0.356 bits per heavy atom. The van der Waals surface area contributed by atoms with E-state index in [9.17, 15) is 70.5 Å². The van der Waals surface area contributed by atoms with Crippen LogP contribution in [0.25, 0.3) is 0 Å². The lowest BCUT2D eigenvalue weighted by Gasteiger charge is -2.17. The fraction of sp³-hybridized carbons (Fsp3) is 0.267. The van der Waals surface area contributed by atoms with Gasteiger partial charge in [-0.15, -0.1) is 0 Å². The number of hydrogen-bond acceptors (Lipinski definition) is 33. The zero-order valence-electron chi connectivity index (χ0n) is 47.1. The maximum atomic E-state index is 14.5. The molecule has 87 heavy (non-hydrogen) atoms. The zero-order chi connectivity index (χ0) is 65.5. The van der Waals surface area contributed by atoms with Gasteiger partial charge in [0.05, 0.1) is 33.4 Å². The summed E-state index contributed by atoms with van der Waals surface area (Å²) in [5.74, 6) is -13.1. The monoisotopic (exact) mass is 1350 g/mol. The van der Waals surface area contributed by atoms with Gasteiger partial charge in [-0.25, -0.2) is 56.2 Å². The molecule has 0 unspecified atom stereocenters. The molecule has 0 aliphatic carbocycles. The van der Waals surface area contributed by atoms with Crippen molar-refractivity contribution in [2.75, 3.05) is 101 Å². The number of rotatable bonds is 30. The second kappa shape index (κ2) is 30.8. The van der Waals surface area contributed by atoms with Gasteiger partial charge >= 0.3 is 82.8 Å². The second-order valence-corrected chi connectivity index (χ2v) is 26.5. The molecule has 474 valence electrons. The number of phosphoric acid groups is 6. The van der Waals surface area contributed by atoms with Crippen molar-refractivity contribution in [1.82, 2.24) is 0 Å². The fourth-order valence-electron chi connectivity index (χ4n) is 6.26. The van der Waals surface area contributed by atoms with Crippen LogP contribution >= 0.6 is 46.9 Å². The molecular formula is C45H51N3O33P6. The number of amides is 3. The first-order chi connectivity index (χ1) is 40.7. The van der Waals surface area contributed by atoms with E-state index >= 15 is 0 Å². The Balaban J connectivity index is 2.00. The van der Waals surface area contributed by atoms with Gasteiger partial charge in [0.1, 0.15) is 0 Å². The highest BCUT2D eigenvalue weighted by Crippen LogP contribution is 2.53. The van der Waals surface area contributed by atoms with Crippen molar-refractivity contribution in [3.05, 3.63) is 123 Å². The molecule has 0 saturated heterocycles. The largest absolute Gasteiger partial charge is 0.531 e. The molecule has 42 heteroatoms. The molecule has 3 amide bonds. The molecule has 36 nitrogen and oxygen atoms in total. The van der Waals surface area contributed by atoms with E-state index in [1.807, 2.05) is 0 Å². The average molecular weight is 1350 g/mol. The Kier molecular flexibility index (Phi) is 25.6. The van der Waals surface area contributed by atoms with Gasteiger partial charge in [0, 0.05) is 119 Å². The molecule has 4 aromatic carbocycles. The number of carbonyl (C=O) groups is 9. The summed E-state index contributed by atoms with van der Waals surface area (Å²) in [6, 6.07) is 9.66. The number of benzene rings is 4. The number of anilines is 3. The maximum Gasteiger partial charge on any atom is 0.531 e. The van der Waals surface area contributed by atoms with Crippen molar-refractivity contribution in [2.45, 2.75) is 0 Å². The highest BCUT2D eigenvalue weighted by molar-refractivity contribution is 7.50. The van der Waals surface area contributed by atoms with E-state index in [2.05, 4.69) is 70.2 Å². The summed E-state index contributed by atoms with van der Waals surface area (Å²) in [6.07, 6.45) is 0. The van der Waals surface area contributed by atoms with E-state index in [1.54, 1.807) is 0 Å². The first-order valence-corrected chi connectivity index (χ1v) is 31.8. The molecule has 3 N–H and O–H groups in total. The van der Waals surface area contributed by atoms with E-state index in [4.69, 9.17) is 27.1 Å². The lowest BCUT2D eigenvalue weighted by atomic mass is 10.0. The Hall–Kier alpha value is -6.99. The molecule has 0 bridgehead atoms. The first-order valence-electron chi connectivity index (χ1n) is 23.0. The van der Waals surface area contributed by atoms with Crippen LogP contribution in [0.2, 0.25) is 0 Å². The predicted molar refractivity (Wildman–Crippen MR) is 292 cm³/mol. The van der Waals surface area contributed by atoms with Gasteiger partial charge in [0.2, 0.25) is 0 Å². The van der Waals surface area contributed by atoms with Crippen LogP contribution in [0, 0.1) is 0 Å². The smallest absolute Gasteiger partial charge is 0.367 e. The normalized spacial score (nSPS) is 12.0. The number of nitrogens with one attached hydrogen (secondary N) is 3. The third-order valence-electron chi connectivity index (χ3n) is 10.6. The van der Waals surface area contributed by atoms with Gasteiger partial charge in [-0.1, -0.05) is 0 Å². The van der Waals surface area contributed by atoms with Gasteiger partial charge in [-0.05, 0) is 72.8 Å². The molecule has 0 radical (unpaired) electrons. The molecule has 0 aromatic heterocycles. The SMILES string of the molecule is COP(=O)(OC)OC(=O)c1cc(NC(=O)c2cc(C(=O)Nc3cc(C(=O)OP(=O)(OC)OC)cc(C(=O)OP(=O)(OC)OC)c3)cc(C(=O)Nc3cc(C(=O)OP(=O)(OC)OC)cc(C(=O)OP(=O)(OC)OC)c3)c2)cc(C(=O)OP(=O)(OC)OC)c1. The lowest BCUT2D eigenvalue weighted by molar-refractivity contribution is 0.0617. The van der Waals surface area contributed by atoms with Gasteiger partial charge < -0.3 is 43.1 Å². The Labute approximate surface area is 492 Å². The molecular weight excluding hydrogens is 1300 g/mol. The molecule has 4 aromatic rings. The number of phosphoric ester groups is 6. The molecule has 0 atom stereocenters. The molecule has 0 fully saturated rings. The molecule has 0 heterocycles. The van der Waals surface area contributed by atoms with Crippen molar-refractivity contribution < 1.29 is 152 Å². The molecule has 0 saturated carbocycles. The Bertz CT molecular complexity index is 3060. The average Bonchev–Trinajstić information content (AvgIpc) is 2.29. The maximum absolute atomic E-state index is 14.5. The zero-order valence-corrected chi connectivity index (χ0v) is 52.5. The standard InChI is InChI=1S/C45H51N3O33P6/c1-64-82(58,65-2)76-40(52)28-16-29(41(53)77-83(59,66-3)67-4)20-34(19-28)46-37(49)25-13-26(38(50)47-35-21-30(42(54)78-84(60,68-5)69-6)17-31(22-35)43(55)79-85(61,70-7)71-8)15-27(14-25)39(51)48-36-23-32(44(56)80-86(62,72-9)73-10)18-33(24-36)45(57)81-87(63,74-11)75-12/h13-24H,1-12H3,(H,46,49)(H,47,50)(H,48,51). The minimum Gasteiger partial charge on any atom is -0.367 e. The van der Waals surface area contributed by atoms with Crippen LogP contribution in [0.4, 0.5) is 17.1 Å². The summed E-state index contributed by atoms with van der Waals surface area (Å²) in [6.45, 7) is 0. The third kappa shape index (κ3) is 19.5. The van der Waals surface area contributed by atoms with Crippen LogP contribution in [0.1, 0.15) is 93.2 Å². The van der Waals surface area contributed by atoms with Gasteiger partial charge in [0.15, 0.2) is 0 Å². The van der Waals surface area contributed by atoms with E-state index in [0.717, 1.165) is 158 Å². The van der Waals surface area contributed by atoms with Gasteiger partial charge in [-0.2, -0.15) is 0 Å². The summed E-state index contributed by atoms with van der Waals surface area (Å²) >= 11 is 0. The highest BCUT2D eigenvalue weighted by Gasteiger charge is 2.36. The molecule has 4 rings (SSSR count). The van der Waals surface area contributed by atoms with Crippen LogP contribution in [0.15, 0.2) is 72.8 Å².